The van der Waals surface area contributed by atoms with Gasteiger partial charge in [0.15, 0.2) is 11.5 Å². The molecule has 1 atom stereocenters. The average Bonchev–Trinajstić information content (AvgIpc) is 2.82. The number of benzene rings is 2. The van der Waals surface area contributed by atoms with Crippen LogP contribution in [-0.2, 0) is 6.54 Å². The molecule has 2 aromatic rings. The van der Waals surface area contributed by atoms with Gasteiger partial charge in [0, 0.05) is 18.3 Å². The molecule has 32 heavy (non-hydrogen) atoms. The standard InChI is InChI=1S/C24H31N2O4PS/c1-28-22-8-5-17(13-23(22)29-2)15-25-24(27)20-14-19(30-16-31(3)4)6-7-21(20)26-18-9-11-32-12-10-18/h5-8,13-14,18H,3,9-12,15-16H2,1-2,4H3,(H-,25,26,27)/p+1. The van der Waals surface area contributed by atoms with Crippen LogP contribution in [0.2, 0.25) is 0 Å². The van der Waals surface area contributed by atoms with E-state index in [2.05, 4.69) is 23.6 Å². The van der Waals surface area contributed by atoms with Crippen LogP contribution in [-0.4, -0.2) is 57.0 Å². The van der Waals surface area contributed by atoms with Crippen LogP contribution in [0.5, 0.6) is 17.2 Å². The fourth-order valence-electron chi connectivity index (χ4n) is 3.44. The molecule has 0 aromatic heterocycles. The Morgan fingerprint density at radius 1 is 1.12 bits per heavy atom. The molecule has 6 nitrogen and oxygen atoms in total. The first kappa shape index (κ1) is 24.3. The van der Waals surface area contributed by atoms with Crippen molar-refractivity contribution in [3.8, 4) is 17.2 Å². The quantitative estimate of drug-likeness (QED) is 0.480. The number of nitrogens with one attached hydrogen (secondary N) is 2. The molecule has 1 aliphatic heterocycles. The van der Waals surface area contributed by atoms with Crippen LogP contribution in [0.1, 0.15) is 28.8 Å². The maximum atomic E-state index is 13.2. The second-order valence-corrected chi connectivity index (χ2v) is 10.9. The van der Waals surface area contributed by atoms with Crippen LogP contribution in [0.4, 0.5) is 5.69 Å². The third kappa shape index (κ3) is 6.81. The van der Waals surface area contributed by atoms with E-state index in [9.17, 15) is 4.79 Å². The number of anilines is 1. The van der Waals surface area contributed by atoms with Crippen molar-refractivity contribution >= 4 is 37.2 Å². The lowest BCUT2D eigenvalue weighted by molar-refractivity contribution is 0.0951. The molecule has 0 aliphatic carbocycles. The molecule has 1 aliphatic rings. The van der Waals surface area contributed by atoms with Gasteiger partial charge in [0.25, 0.3) is 5.91 Å². The molecule has 2 N–H and O–H groups in total. The summed E-state index contributed by atoms with van der Waals surface area (Å²) < 4.78 is 16.5. The predicted molar refractivity (Wildman–Crippen MR) is 137 cm³/mol. The summed E-state index contributed by atoms with van der Waals surface area (Å²) in [7, 11) is 2.77. The number of carbonyl (C=O) groups excluding carboxylic acids is 1. The third-order valence-corrected chi connectivity index (χ3v) is 6.79. The zero-order valence-corrected chi connectivity index (χ0v) is 20.7. The Morgan fingerprint density at radius 2 is 1.88 bits per heavy atom. The molecule has 1 unspecified atom stereocenters. The van der Waals surface area contributed by atoms with Crippen LogP contribution in [0, 0.1) is 0 Å². The Kier molecular flexibility index (Phi) is 9.12. The molecule has 3 rings (SSSR count). The first-order valence-electron chi connectivity index (χ1n) is 10.6. The monoisotopic (exact) mass is 475 g/mol. The SMILES string of the molecule is C=[P+](C)COc1ccc(NC2CCSCC2)c(C(=O)NCc2ccc(OC)c(OC)c2)c1. The van der Waals surface area contributed by atoms with E-state index < -0.39 is 7.55 Å². The van der Waals surface area contributed by atoms with E-state index in [-0.39, 0.29) is 5.91 Å². The van der Waals surface area contributed by atoms with Crippen molar-refractivity contribution in [2.75, 3.05) is 44.1 Å². The number of hydrogen-bond donors (Lipinski definition) is 2. The fraction of sp³-hybridized carbons (Fsp3) is 0.417. The maximum Gasteiger partial charge on any atom is 0.253 e. The van der Waals surface area contributed by atoms with E-state index in [1.54, 1.807) is 14.2 Å². The van der Waals surface area contributed by atoms with Gasteiger partial charge < -0.3 is 24.8 Å². The first-order valence-corrected chi connectivity index (χ1v) is 13.9. The van der Waals surface area contributed by atoms with Gasteiger partial charge >= 0.3 is 0 Å². The lowest BCUT2D eigenvalue weighted by Crippen LogP contribution is -2.28. The number of carbonyl (C=O) groups is 1. The molecule has 1 fully saturated rings. The minimum Gasteiger partial charge on any atom is -0.493 e. The predicted octanol–water partition coefficient (Wildman–Crippen LogP) is 4.82. The normalized spacial score (nSPS) is 14.4. The lowest BCUT2D eigenvalue weighted by Gasteiger charge is -2.25. The molecule has 1 saturated heterocycles. The number of rotatable bonds is 10. The molecule has 1 amide bonds. The summed E-state index contributed by atoms with van der Waals surface area (Å²) >= 11 is 1.98. The zero-order chi connectivity index (χ0) is 22.9. The van der Waals surface area contributed by atoms with E-state index >= 15 is 0 Å². The molecule has 0 saturated carbocycles. The number of thioether (sulfide) groups is 1. The second kappa shape index (κ2) is 12.0. The van der Waals surface area contributed by atoms with Crippen molar-refractivity contribution in [1.29, 1.82) is 0 Å². The zero-order valence-electron chi connectivity index (χ0n) is 19.0. The van der Waals surface area contributed by atoms with E-state index in [4.69, 9.17) is 14.2 Å². The van der Waals surface area contributed by atoms with Gasteiger partial charge in [-0.25, -0.2) is 0 Å². The van der Waals surface area contributed by atoms with E-state index in [0.29, 0.717) is 41.7 Å². The number of methoxy groups -OCH3 is 2. The molecule has 0 spiro atoms. The Bertz CT molecular complexity index is 948. The first-order chi connectivity index (χ1) is 15.5. The summed E-state index contributed by atoms with van der Waals surface area (Å²) in [5, 5.41) is 6.61. The van der Waals surface area contributed by atoms with Crippen molar-refractivity contribution in [3.63, 3.8) is 0 Å². The Hall–Kier alpha value is -2.37. The van der Waals surface area contributed by atoms with Crippen molar-refractivity contribution in [3.05, 3.63) is 47.5 Å². The smallest absolute Gasteiger partial charge is 0.253 e. The van der Waals surface area contributed by atoms with E-state index in [0.717, 1.165) is 35.6 Å². The third-order valence-electron chi connectivity index (χ3n) is 5.17. The highest BCUT2D eigenvalue weighted by Gasteiger charge is 2.19. The average molecular weight is 476 g/mol. The fourth-order valence-corrected chi connectivity index (χ4v) is 4.92. The van der Waals surface area contributed by atoms with Crippen LogP contribution in [0.15, 0.2) is 36.4 Å². The van der Waals surface area contributed by atoms with E-state index in [1.807, 2.05) is 48.2 Å². The molecular formula is C24H32N2O4PS+. The Morgan fingerprint density at radius 3 is 2.56 bits per heavy atom. The van der Waals surface area contributed by atoms with Crippen LogP contribution >= 0.6 is 19.3 Å². The molecular weight excluding hydrogens is 443 g/mol. The van der Waals surface area contributed by atoms with Gasteiger partial charge in [0.2, 0.25) is 6.35 Å². The molecule has 8 heteroatoms. The molecule has 1 heterocycles. The minimum absolute atomic E-state index is 0.147. The van der Waals surface area contributed by atoms with Crippen LogP contribution in [0.3, 0.4) is 0 Å². The summed E-state index contributed by atoms with van der Waals surface area (Å²) in [6.07, 6.45) is 6.78. The summed E-state index contributed by atoms with van der Waals surface area (Å²) in [6, 6.07) is 11.7. The molecule has 2 aromatic carbocycles. The second-order valence-electron chi connectivity index (χ2n) is 7.74. The highest BCUT2D eigenvalue weighted by Crippen LogP contribution is 2.29. The number of amides is 1. The van der Waals surface area contributed by atoms with Gasteiger partial charge in [-0.15, -0.1) is 0 Å². The van der Waals surface area contributed by atoms with Gasteiger partial charge in [-0.2, -0.15) is 11.8 Å². The van der Waals surface area contributed by atoms with Crippen LogP contribution in [0.25, 0.3) is 0 Å². The van der Waals surface area contributed by atoms with Crippen LogP contribution < -0.4 is 24.8 Å². The Balaban J connectivity index is 1.76. The maximum absolute atomic E-state index is 13.2. The van der Waals surface area contributed by atoms with Gasteiger partial charge in [-0.05, 0) is 60.2 Å². The largest absolute Gasteiger partial charge is 0.493 e. The number of hydrogen-bond acceptors (Lipinski definition) is 6. The number of ether oxygens (including phenoxy) is 3. The van der Waals surface area contributed by atoms with Crippen molar-refractivity contribution in [2.45, 2.75) is 25.4 Å². The van der Waals surface area contributed by atoms with Crippen molar-refractivity contribution in [1.82, 2.24) is 5.32 Å². The van der Waals surface area contributed by atoms with Gasteiger partial charge in [0.1, 0.15) is 13.3 Å². The minimum atomic E-state index is -0.430. The topological polar surface area (TPSA) is 68.8 Å². The summed E-state index contributed by atoms with van der Waals surface area (Å²) in [6.45, 7) is 2.44. The Labute approximate surface area is 195 Å². The van der Waals surface area contributed by atoms with Crippen molar-refractivity contribution in [2.24, 2.45) is 0 Å². The summed E-state index contributed by atoms with van der Waals surface area (Å²) in [5.74, 6) is 4.12. The highest BCUT2D eigenvalue weighted by atomic mass is 32.2. The summed E-state index contributed by atoms with van der Waals surface area (Å²) in [4.78, 5) is 13.2. The molecule has 172 valence electrons. The van der Waals surface area contributed by atoms with Gasteiger partial charge in [-0.3, -0.25) is 4.79 Å². The van der Waals surface area contributed by atoms with Gasteiger partial charge in [0.05, 0.1) is 32.7 Å². The van der Waals surface area contributed by atoms with Crippen molar-refractivity contribution < 1.29 is 19.0 Å². The molecule has 0 bridgehead atoms. The van der Waals surface area contributed by atoms with Gasteiger partial charge in [-0.1, -0.05) is 6.07 Å². The summed E-state index contributed by atoms with van der Waals surface area (Å²) in [5.41, 5.74) is 2.36. The highest BCUT2D eigenvalue weighted by molar-refractivity contribution is 7.99. The van der Waals surface area contributed by atoms with E-state index in [1.165, 1.54) is 0 Å². The lowest BCUT2D eigenvalue weighted by atomic mass is 10.1. The molecule has 0 radical (unpaired) electrons.